The maximum absolute atomic E-state index is 7.33. The van der Waals surface area contributed by atoms with E-state index in [-0.39, 0.29) is 48.9 Å². The van der Waals surface area contributed by atoms with Gasteiger partial charge in [-0.2, -0.15) is 0 Å². The van der Waals surface area contributed by atoms with Gasteiger partial charge in [0.1, 0.15) is 30.3 Å². The average Bonchev–Trinajstić information content (AvgIpc) is 2.09. The van der Waals surface area contributed by atoms with Crippen LogP contribution in [0.5, 0.6) is 0 Å². The van der Waals surface area contributed by atoms with Gasteiger partial charge in [0.05, 0.1) is 0 Å². The molecule has 0 amide bonds. The average molecular weight is 383 g/mol. The second-order valence-electron chi connectivity index (χ2n) is 0.598. The molecule has 0 aliphatic carbocycles. The summed E-state index contributed by atoms with van der Waals surface area (Å²) in [5.41, 5.74) is 0. The molecule has 0 aliphatic rings. The Morgan fingerprint density at radius 2 is 0.438 bits per heavy atom. The van der Waals surface area contributed by atoms with Gasteiger partial charge in [0.2, 0.25) is 0 Å². The molecule has 5 nitrogen and oxygen atoms in total. The van der Waals surface area contributed by atoms with Gasteiger partial charge in [-0.15, -0.1) is 0 Å². The fourth-order valence-corrected chi connectivity index (χ4v) is 0. The molecule has 0 aromatic carbocycles. The third kappa shape index (κ3) is 1040. The van der Waals surface area contributed by atoms with Crippen LogP contribution in [0.4, 0.5) is 0 Å². The van der Waals surface area contributed by atoms with Gasteiger partial charge in [0.25, 0.3) is 0 Å². The summed E-state index contributed by atoms with van der Waals surface area (Å²) in [6.45, 7) is 0. The molecule has 0 atom stereocenters. The molecule has 5 N–H and O–H groups in total. The molecule has 0 aromatic rings. The van der Waals surface area contributed by atoms with Crippen LogP contribution in [0.25, 0.3) is 0 Å². The zero-order chi connectivity index (χ0) is 13.5. The third-order valence-electron chi connectivity index (χ3n) is 0. The molecule has 1 radical (unpaired) electrons. The zero-order valence-corrected chi connectivity index (χ0v) is 13.3. The van der Waals surface area contributed by atoms with Gasteiger partial charge in [-0.05, 0) is 0 Å². The summed E-state index contributed by atoms with van der Waals surface area (Å²) >= 11 is 22.8. The first-order valence-corrected chi connectivity index (χ1v) is 5.59. The maximum atomic E-state index is 7.33. The van der Waals surface area contributed by atoms with E-state index in [1.165, 1.54) is 0 Å². The number of hydrogen-bond acceptors (Lipinski definition) is 5. The Labute approximate surface area is 132 Å². The molecular formula is C5H15Cl5O5V. The van der Waals surface area contributed by atoms with Crippen molar-refractivity contribution in [3.63, 3.8) is 0 Å². The molecule has 0 rings (SSSR count). The van der Waals surface area contributed by atoms with E-state index in [2.05, 4.69) is 58.0 Å². The summed E-state index contributed by atoms with van der Waals surface area (Å²) < 4.78 is 0. The summed E-state index contributed by atoms with van der Waals surface area (Å²) in [4.78, 5) is 0. The van der Waals surface area contributed by atoms with E-state index in [1.54, 1.807) is 0 Å². The molecule has 0 heterocycles. The van der Waals surface area contributed by atoms with Gasteiger partial charge in [0, 0.05) is 18.6 Å². The Morgan fingerprint density at radius 1 is 0.438 bits per heavy atom. The van der Waals surface area contributed by atoms with Crippen molar-refractivity contribution < 1.29 is 44.1 Å². The molecule has 0 aromatic heterocycles. The van der Waals surface area contributed by atoms with Gasteiger partial charge in [0.15, 0.2) is 0 Å². The summed E-state index contributed by atoms with van der Waals surface area (Å²) in [7, 11) is 0. The molecule has 0 unspecified atom stereocenters. The van der Waals surface area contributed by atoms with Crippen molar-refractivity contribution in [1.82, 2.24) is 0 Å². The Morgan fingerprint density at radius 3 is 0.438 bits per heavy atom. The van der Waals surface area contributed by atoms with Crippen molar-refractivity contribution in [3.05, 3.63) is 0 Å². The molecule has 0 aliphatic heterocycles. The molecule has 0 fully saturated rings. The Kier molecular flexibility index (Phi) is 204. The number of rotatable bonds is 0. The third-order valence-corrected chi connectivity index (χ3v) is 0. The predicted octanol–water partition coefficient (Wildman–Crippen LogP) is 0.872. The summed E-state index contributed by atoms with van der Waals surface area (Å²) in [5.74, 6) is 0. The van der Waals surface area contributed by atoms with Gasteiger partial charge < -0.3 is 25.5 Å². The largest absolute Gasteiger partial charge is 0.381 e. The Bertz CT molecular complexity index is 40.8. The quantitative estimate of drug-likeness (QED) is 0.400. The van der Waals surface area contributed by atoms with Crippen molar-refractivity contribution in [2.45, 2.75) is 0 Å². The number of alkyl halides is 5. The second kappa shape index (κ2) is 90.4. The number of hydrogen-bond donors (Lipinski definition) is 5. The van der Waals surface area contributed by atoms with Crippen molar-refractivity contribution in [2.24, 2.45) is 0 Å². The molecule has 0 saturated heterocycles. The van der Waals surface area contributed by atoms with Crippen molar-refractivity contribution in [2.75, 3.05) is 30.3 Å². The normalized spacial score (nSPS) is 5.62. The first kappa shape index (κ1) is 36.1. The fourth-order valence-electron chi connectivity index (χ4n) is 0. The minimum Gasteiger partial charge on any atom is -0.381 e. The van der Waals surface area contributed by atoms with Gasteiger partial charge in [-0.25, -0.2) is 0 Å². The van der Waals surface area contributed by atoms with Crippen LogP contribution in [-0.4, -0.2) is 55.9 Å². The van der Waals surface area contributed by atoms with E-state index >= 15 is 0 Å². The first-order valence-electron chi connectivity index (χ1n) is 2.92. The monoisotopic (exact) mass is 381 g/mol. The maximum Gasteiger partial charge on any atom is 0.117 e. The number of aliphatic hydroxyl groups excluding tert-OH is 5. The van der Waals surface area contributed by atoms with Gasteiger partial charge >= 0.3 is 0 Å². The van der Waals surface area contributed by atoms with Gasteiger partial charge in [-0.1, -0.05) is 58.0 Å². The zero-order valence-electron chi connectivity index (χ0n) is 8.11. The van der Waals surface area contributed by atoms with Crippen molar-refractivity contribution in [1.29, 1.82) is 0 Å². The molecule has 105 valence electrons. The van der Waals surface area contributed by atoms with Crippen molar-refractivity contribution >= 4 is 58.0 Å². The minimum atomic E-state index is -0.278. The molecule has 11 heteroatoms. The van der Waals surface area contributed by atoms with E-state index in [1.807, 2.05) is 0 Å². The molecule has 16 heavy (non-hydrogen) atoms. The van der Waals surface area contributed by atoms with E-state index in [0.29, 0.717) is 0 Å². The molecule has 0 bridgehead atoms. The van der Waals surface area contributed by atoms with Crippen molar-refractivity contribution in [3.8, 4) is 0 Å². The van der Waals surface area contributed by atoms with E-state index in [4.69, 9.17) is 25.5 Å². The summed E-state index contributed by atoms with van der Waals surface area (Å²) in [6, 6.07) is -1.39. The van der Waals surface area contributed by atoms with Crippen LogP contribution < -0.4 is 0 Å². The minimum absolute atomic E-state index is 0. The van der Waals surface area contributed by atoms with E-state index in [0.717, 1.165) is 0 Å². The summed E-state index contributed by atoms with van der Waals surface area (Å²) in [6.07, 6.45) is 0. The van der Waals surface area contributed by atoms with E-state index in [9.17, 15) is 0 Å². The standard InChI is InChI=1S/5CH3ClO.V/c5*2-1-3;/h5*3H,1H2;. The van der Waals surface area contributed by atoms with Crippen LogP contribution >= 0.6 is 58.0 Å². The summed E-state index contributed by atoms with van der Waals surface area (Å²) in [5, 5.41) is 36.7. The number of aliphatic hydroxyl groups is 5. The van der Waals surface area contributed by atoms with E-state index < -0.39 is 0 Å². The van der Waals surface area contributed by atoms with Crippen LogP contribution in [0.15, 0.2) is 0 Å². The first-order chi connectivity index (χ1) is 7.07. The van der Waals surface area contributed by atoms with Crippen LogP contribution in [0.3, 0.4) is 0 Å². The van der Waals surface area contributed by atoms with Crippen LogP contribution in [-0.2, 0) is 18.6 Å². The van der Waals surface area contributed by atoms with Crippen LogP contribution in [0.2, 0.25) is 0 Å². The molecule has 0 spiro atoms. The number of halogens is 5. The fraction of sp³-hybridized carbons (Fsp3) is 1.00. The smallest absolute Gasteiger partial charge is 0.117 e. The second-order valence-corrected chi connectivity index (χ2v) is 1.79. The SMILES string of the molecule is OCCl.OCCl.OCCl.OCCl.OCCl.[V]. The Balaban J connectivity index is -0.0000000192. The molecule has 0 saturated carbocycles. The topological polar surface area (TPSA) is 101 Å². The molecular weight excluding hydrogens is 368 g/mol. The van der Waals surface area contributed by atoms with Crippen LogP contribution in [0, 0.1) is 0 Å². The predicted molar refractivity (Wildman–Crippen MR) is 64.7 cm³/mol. The Hall–Kier alpha value is 1.83. The van der Waals surface area contributed by atoms with Crippen LogP contribution in [0.1, 0.15) is 0 Å². The van der Waals surface area contributed by atoms with Gasteiger partial charge in [-0.3, -0.25) is 0 Å².